The van der Waals surface area contributed by atoms with Gasteiger partial charge in [-0.3, -0.25) is 4.79 Å². The average molecular weight is 369 g/mol. The van der Waals surface area contributed by atoms with E-state index in [4.69, 9.17) is 11.6 Å². The lowest BCUT2D eigenvalue weighted by molar-refractivity contribution is 0.102. The number of benzene rings is 2. The number of hydrogen-bond acceptors (Lipinski definition) is 2. The van der Waals surface area contributed by atoms with Gasteiger partial charge in [0.1, 0.15) is 5.75 Å². The fourth-order valence-electron chi connectivity index (χ4n) is 1.93. The van der Waals surface area contributed by atoms with E-state index < -0.39 is 0 Å². The molecule has 0 unspecified atom stereocenters. The molecule has 2 aromatic carbocycles. The fraction of sp³-hybridized carbons (Fsp3) is 0.188. The topological polar surface area (TPSA) is 49.3 Å². The molecular formula is C16H15BrClNO2. The lowest BCUT2D eigenvalue weighted by Gasteiger charge is -2.08. The van der Waals surface area contributed by atoms with Crippen LogP contribution in [0.2, 0.25) is 5.02 Å². The van der Waals surface area contributed by atoms with Crippen LogP contribution in [0.4, 0.5) is 5.69 Å². The van der Waals surface area contributed by atoms with E-state index in [0.717, 1.165) is 23.9 Å². The van der Waals surface area contributed by atoms with E-state index in [1.165, 1.54) is 23.8 Å². The molecule has 1 amide bonds. The van der Waals surface area contributed by atoms with Crippen LogP contribution in [0.3, 0.4) is 0 Å². The van der Waals surface area contributed by atoms with Gasteiger partial charge in [0, 0.05) is 16.6 Å². The Hall–Kier alpha value is -1.52. The minimum Gasteiger partial charge on any atom is -0.506 e. The van der Waals surface area contributed by atoms with Crippen molar-refractivity contribution in [3.8, 4) is 5.75 Å². The van der Waals surface area contributed by atoms with Crippen LogP contribution in [0.1, 0.15) is 22.3 Å². The highest BCUT2D eigenvalue weighted by Gasteiger charge is 2.09. The number of alkyl halides is 1. The molecule has 0 atom stereocenters. The molecule has 21 heavy (non-hydrogen) atoms. The van der Waals surface area contributed by atoms with Gasteiger partial charge in [0.2, 0.25) is 0 Å². The van der Waals surface area contributed by atoms with Crippen molar-refractivity contribution in [1.29, 1.82) is 0 Å². The van der Waals surface area contributed by atoms with Crippen LogP contribution in [0.15, 0.2) is 42.5 Å². The number of aryl methyl sites for hydroxylation is 1. The molecular weight excluding hydrogens is 354 g/mol. The molecule has 0 aromatic heterocycles. The number of aromatic hydroxyl groups is 1. The number of rotatable bonds is 5. The molecule has 0 aliphatic heterocycles. The number of anilines is 1. The third-order valence-electron chi connectivity index (χ3n) is 2.99. The van der Waals surface area contributed by atoms with Crippen molar-refractivity contribution < 1.29 is 9.90 Å². The predicted molar refractivity (Wildman–Crippen MR) is 89.6 cm³/mol. The van der Waals surface area contributed by atoms with Gasteiger partial charge in [-0.15, -0.1) is 0 Å². The smallest absolute Gasteiger partial charge is 0.255 e. The van der Waals surface area contributed by atoms with Crippen LogP contribution < -0.4 is 5.32 Å². The van der Waals surface area contributed by atoms with Crippen molar-refractivity contribution >= 4 is 39.1 Å². The molecule has 2 aromatic rings. The maximum Gasteiger partial charge on any atom is 0.255 e. The first-order chi connectivity index (χ1) is 10.1. The number of hydrogen-bond donors (Lipinski definition) is 2. The highest BCUT2D eigenvalue weighted by molar-refractivity contribution is 9.09. The van der Waals surface area contributed by atoms with Gasteiger partial charge in [-0.1, -0.05) is 39.7 Å². The van der Waals surface area contributed by atoms with Gasteiger partial charge in [-0.2, -0.15) is 0 Å². The first-order valence-electron chi connectivity index (χ1n) is 6.55. The summed E-state index contributed by atoms with van der Waals surface area (Å²) in [6.45, 7) is 0. The second-order valence-electron chi connectivity index (χ2n) is 4.61. The van der Waals surface area contributed by atoms with Gasteiger partial charge in [-0.25, -0.2) is 0 Å². The fourth-order valence-corrected chi connectivity index (χ4v) is 2.39. The lowest BCUT2D eigenvalue weighted by atomic mass is 10.1. The second kappa shape index (κ2) is 7.48. The molecule has 0 saturated heterocycles. The zero-order valence-corrected chi connectivity index (χ0v) is 13.6. The summed E-state index contributed by atoms with van der Waals surface area (Å²) in [6.07, 6.45) is 2.00. The molecule has 2 N–H and O–H groups in total. The molecule has 0 radical (unpaired) electrons. The van der Waals surface area contributed by atoms with Crippen LogP contribution >= 0.6 is 27.5 Å². The first-order valence-corrected chi connectivity index (χ1v) is 8.05. The Kier molecular flexibility index (Phi) is 5.65. The molecule has 0 spiro atoms. The van der Waals surface area contributed by atoms with Gasteiger partial charge in [-0.05, 0) is 48.7 Å². The van der Waals surface area contributed by atoms with Crippen molar-refractivity contribution in [3.05, 3.63) is 58.6 Å². The monoisotopic (exact) mass is 367 g/mol. The molecule has 0 aliphatic rings. The van der Waals surface area contributed by atoms with Crippen LogP contribution in [-0.4, -0.2) is 16.3 Å². The Balaban J connectivity index is 2.10. The van der Waals surface area contributed by atoms with Gasteiger partial charge in [0.25, 0.3) is 5.91 Å². The minimum absolute atomic E-state index is 0.0370. The molecule has 0 aliphatic carbocycles. The number of carbonyl (C=O) groups is 1. The van der Waals surface area contributed by atoms with E-state index in [2.05, 4.69) is 21.2 Å². The molecule has 0 bridgehead atoms. The molecule has 0 heterocycles. The first kappa shape index (κ1) is 15.9. The average Bonchev–Trinajstić information content (AvgIpc) is 2.48. The number of halogens is 2. The van der Waals surface area contributed by atoms with Crippen molar-refractivity contribution in [2.45, 2.75) is 12.8 Å². The summed E-state index contributed by atoms with van der Waals surface area (Å²) < 4.78 is 0. The van der Waals surface area contributed by atoms with Crippen LogP contribution in [0.5, 0.6) is 5.75 Å². The number of nitrogens with one attached hydrogen (secondary N) is 1. The molecule has 5 heteroatoms. The van der Waals surface area contributed by atoms with E-state index in [-0.39, 0.29) is 16.7 Å². The number of phenols is 1. The predicted octanol–water partition coefficient (Wildman–Crippen LogP) is 4.63. The Morgan fingerprint density at radius 2 is 2.05 bits per heavy atom. The summed E-state index contributed by atoms with van der Waals surface area (Å²) >= 11 is 9.22. The summed E-state index contributed by atoms with van der Waals surface area (Å²) in [7, 11) is 0. The zero-order chi connectivity index (χ0) is 15.2. The number of carbonyl (C=O) groups excluding carboxylic acids is 1. The summed E-state index contributed by atoms with van der Waals surface area (Å²) in [5.41, 5.74) is 2.33. The van der Waals surface area contributed by atoms with E-state index >= 15 is 0 Å². The lowest BCUT2D eigenvalue weighted by Crippen LogP contribution is -2.11. The summed E-state index contributed by atoms with van der Waals surface area (Å²) in [5.74, 6) is -0.292. The molecule has 0 fully saturated rings. The minimum atomic E-state index is -0.255. The van der Waals surface area contributed by atoms with Crippen molar-refractivity contribution in [2.24, 2.45) is 0 Å². The maximum absolute atomic E-state index is 12.1. The largest absolute Gasteiger partial charge is 0.506 e. The van der Waals surface area contributed by atoms with Crippen molar-refractivity contribution in [2.75, 3.05) is 10.6 Å². The SMILES string of the molecule is O=C(Nc1cccc(CCCBr)c1)c1ccc(O)c(Cl)c1. The Morgan fingerprint density at radius 1 is 1.24 bits per heavy atom. The number of amides is 1. The standard InChI is InChI=1S/C16H15BrClNO2/c17-8-2-4-11-3-1-5-13(9-11)19-16(21)12-6-7-15(20)14(18)10-12/h1,3,5-7,9-10,20H,2,4,8H2,(H,19,21). The summed E-state index contributed by atoms with van der Waals surface area (Å²) in [6, 6.07) is 12.1. The summed E-state index contributed by atoms with van der Waals surface area (Å²) in [4.78, 5) is 12.1. The molecule has 0 saturated carbocycles. The van der Waals surface area contributed by atoms with Gasteiger partial charge < -0.3 is 10.4 Å². The van der Waals surface area contributed by atoms with Crippen LogP contribution in [0.25, 0.3) is 0 Å². The quantitative estimate of drug-likeness (QED) is 0.756. The van der Waals surface area contributed by atoms with Gasteiger partial charge in [0.05, 0.1) is 5.02 Å². The zero-order valence-electron chi connectivity index (χ0n) is 11.3. The third kappa shape index (κ3) is 4.48. The second-order valence-corrected chi connectivity index (χ2v) is 5.81. The maximum atomic E-state index is 12.1. The van der Waals surface area contributed by atoms with E-state index in [1.807, 2.05) is 24.3 Å². The van der Waals surface area contributed by atoms with Gasteiger partial charge >= 0.3 is 0 Å². The Labute approximate surface area is 137 Å². The highest BCUT2D eigenvalue weighted by atomic mass is 79.9. The Bertz CT molecular complexity index is 646. The van der Waals surface area contributed by atoms with E-state index in [9.17, 15) is 9.90 Å². The molecule has 110 valence electrons. The summed E-state index contributed by atoms with van der Waals surface area (Å²) in [5, 5.41) is 13.3. The van der Waals surface area contributed by atoms with Crippen LogP contribution in [0, 0.1) is 0 Å². The molecule has 2 rings (SSSR count). The highest BCUT2D eigenvalue weighted by Crippen LogP contribution is 2.24. The van der Waals surface area contributed by atoms with E-state index in [0.29, 0.717) is 5.56 Å². The Morgan fingerprint density at radius 3 is 2.76 bits per heavy atom. The molecule has 3 nitrogen and oxygen atoms in total. The van der Waals surface area contributed by atoms with Gasteiger partial charge in [0.15, 0.2) is 0 Å². The number of phenolic OH excluding ortho intramolecular Hbond substituents is 1. The van der Waals surface area contributed by atoms with Crippen LogP contribution in [-0.2, 0) is 6.42 Å². The van der Waals surface area contributed by atoms with Crippen molar-refractivity contribution in [1.82, 2.24) is 0 Å². The van der Waals surface area contributed by atoms with Crippen molar-refractivity contribution in [3.63, 3.8) is 0 Å². The third-order valence-corrected chi connectivity index (χ3v) is 3.86. The normalized spacial score (nSPS) is 10.4. The van der Waals surface area contributed by atoms with E-state index in [1.54, 1.807) is 0 Å².